The average Bonchev–Trinajstić information content (AvgIpc) is 2.99. The van der Waals surface area contributed by atoms with E-state index in [-0.39, 0.29) is 0 Å². The summed E-state index contributed by atoms with van der Waals surface area (Å²) >= 11 is 6.07. The highest BCUT2D eigenvalue weighted by atomic mass is 35.5. The van der Waals surface area contributed by atoms with Gasteiger partial charge in [0, 0.05) is 39.3 Å². The molecule has 0 fully saturated rings. The van der Waals surface area contributed by atoms with E-state index in [2.05, 4.69) is 25.5 Å². The lowest BCUT2D eigenvalue weighted by atomic mass is 10.0. The first-order valence-electron chi connectivity index (χ1n) is 12.3. The third kappa shape index (κ3) is 5.76. The van der Waals surface area contributed by atoms with Gasteiger partial charge in [0.2, 0.25) is 5.88 Å². The highest BCUT2D eigenvalue weighted by Crippen LogP contribution is 2.32. The summed E-state index contributed by atoms with van der Waals surface area (Å²) in [6.45, 7) is 0. The fourth-order valence-electron chi connectivity index (χ4n) is 4.11. The molecule has 0 spiro atoms. The van der Waals surface area contributed by atoms with Crippen LogP contribution < -0.4 is 10.1 Å². The third-order valence-corrected chi connectivity index (χ3v) is 6.27. The number of halogens is 1. The van der Waals surface area contributed by atoms with Gasteiger partial charge in [-0.05, 0) is 48.0 Å². The molecule has 0 aliphatic rings. The van der Waals surface area contributed by atoms with Crippen molar-refractivity contribution in [3.63, 3.8) is 0 Å². The molecule has 1 N–H and O–H groups in total. The lowest BCUT2D eigenvalue weighted by Gasteiger charge is -2.12. The van der Waals surface area contributed by atoms with Crippen LogP contribution in [0.1, 0.15) is 11.4 Å². The van der Waals surface area contributed by atoms with E-state index in [1.165, 1.54) is 0 Å². The summed E-state index contributed by atoms with van der Waals surface area (Å²) in [5.41, 5.74) is 3.70. The summed E-state index contributed by atoms with van der Waals surface area (Å²) in [4.78, 5) is 8.79. The number of hydrogen-bond acceptors (Lipinski definition) is 6. The van der Waals surface area contributed by atoms with Crippen molar-refractivity contribution in [3.8, 4) is 22.9 Å². The van der Waals surface area contributed by atoms with Crippen LogP contribution >= 0.6 is 11.6 Å². The van der Waals surface area contributed by atoms with Crippen LogP contribution in [-0.2, 0) is 0 Å². The standard InChI is InChI=1S/C32H22ClN5O/c33-24-13-11-23(12-14-24)31-27-8-4-5-9-28(27)32(38-37-31)35-25-15-17-26(18-16-25)39-30-20-21-34-29(36-30)19-10-22-6-2-1-3-7-22/h1-21H,(H,35,38). The Labute approximate surface area is 230 Å². The van der Waals surface area contributed by atoms with Gasteiger partial charge in [-0.1, -0.05) is 84.4 Å². The Balaban J connectivity index is 1.18. The van der Waals surface area contributed by atoms with Crippen LogP contribution in [0.2, 0.25) is 5.02 Å². The van der Waals surface area contributed by atoms with Gasteiger partial charge in [0.1, 0.15) is 11.4 Å². The Morgan fingerprint density at radius 3 is 2.23 bits per heavy atom. The van der Waals surface area contributed by atoms with Crippen LogP contribution in [-0.4, -0.2) is 20.2 Å². The second-order valence-corrected chi connectivity index (χ2v) is 9.13. The van der Waals surface area contributed by atoms with Gasteiger partial charge in [-0.25, -0.2) is 4.98 Å². The van der Waals surface area contributed by atoms with Gasteiger partial charge < -0.3 is 10.1 Å². The first-order valence-corrected chi connectivity index (χ1v) is 12.7. The molecule has 6 aromatic rings. The molecule has 0 atom stereocenters. The molecule has 0 saturated heterocycles. The van der Waals surface area contributed by atoms with E-state index < -0.39 is 0 Å². The van der Waals surface area contributed by atoms with Gasteiger partial charge in [0.05, 0.1) is 0 Å². The number of ether oxygens (including phenoxy) is 1. The van der Waals surface area contributed by atoms with Crippen molar-refractivity contribution in [2.24, 2.45) is 0 Å². The molecular formula is C32H22ClN5O. The monoisotopic (exact) mass is 527 g/mol. The Hall–Kier alpha value is -5.07. The number of anilines is 2. The summed E-state index contributed by atoms with van der Waals surface area (Å²) < 4.78 is 5.97. The molecule has 0 aliphatic carbocycles. The number of nitrogens with one attached hydrogen (secondary N) is 1. The van der Waals surface area contributed by atoms with E-state index in [4.69, 9.17) is 16.3 Å². The zero-order chi connectivity index (χ0) is 26.4. The molecule has 7 heteroatoms. The van der Waals surface area contributed by atoms with Crippen LogP contribution in [0.15, 0.2) is 115 Å². The minimum atomic E-state index is 0.466. The van der Waals surface area contributed by atoms with Crippen molar-refractivity contribution >= 4 is 46.0 Å². The fraction of sp³-hybridized carbons (Fsp3) is 0. The molecule has 6 rings (SSSR count). The minimum absolute atomic E-state index is 0.466. The van der Waals surface area contributed by atoms with Gasteiger partial charge >= 0.3 is 0 Å². The van der Waals surface area contributed by atoms with Gasteiger partial charge in [-0.3, -0.25) is 0 Å². The average molecular weight is 528 g/mol. The van der Waals surface area contributed by atoms with Crippen molar-refractivity contribution in [2.75, 3.05) is 5.32 Å². The van der Waals surface area contributed by atoms with E-state index in [0.717, 1.165) is 33.3 Å². The molecule has 0 bridgehead atoms. The minimum Gasteiger partial charge on any atom is -0.439 e. The highest BCUT2D eigenvalue weighted by Gasteiger charge is 2.11. The maximum absolute atomic E-state index is 6.07. The molecule has 0 radical (unpaired) electrons. The molecule has 0 saturated carbocycles. The number of benzene rings is 4. The van der Waals surface area contributed by atoms with E-state index in [1.807, 2.05) is 115 Å². The molecule has 2 heterocycles. The molecule has 6 nitrogen and oxygen atoms in total. The van der Waals surface area contributed by atoms with Crippen molar-refractivity contribution in [1.29, 1.82) is 0 Å². The molecular weight excluding hydrogens is 506 g/mol. The summed E-state index contributed by atoms with van der Waals surface area (Å²) in [5.74, 6) is 2.36. The Morgan fingerprint density at radius 2 is 1.44 bits per heavy atom. The van der Waals surface area contributed by atoms with Crippen molar-refractivity contribution in [3.05, 3.63) is 132 Å². The molecule has 0 aliphatic heterocycles. The van der Waals surface area contributed by atoms with Crippen LogP contribution in [0, 0.1) is 0 Å². The van der Waals surface area contributed by atoms with Gasteiger partial charge in [0.25, 0.3) is 0 Å². The quantitative estimate of drug-likeness (QED) is 0.224. The molecule has 188 valence electrons. The van der Waals surface area contributed by atoms with Gasteiger partial charge in [-0.15, -0.1) is 10.2 Å². The van der Waals surface area contributed by atoms with Gasteiger partial charge in [-0.2, -0.15) is 4.98 Å². The largest absolute Gasteiger partial charge is 0.439 e. The smallest absolute Gasteiger partial charge is 0.222 e. The SMILES string of the molecule is Clc1ccc(-c2nnc(Nc3ccc(Oc4ccnc(C=Cc5ccccc5)n4)cc3)c3ccccc23)cc1. The second kappa shape index (κ2) is 11.1. The molecule has 0 amide bonds. The number of fused-ring (bicyclic) bond motifs is 1. The number of hydrogen-bond donors (Lipinski definition) is 1. The predicted molar refractivity (Wildman–Crippen MR) is 157 cm³/mol. The molecule has 2 aromatic heterocycles. The Kier molecular flexibility index (Phi) is 6.93. The van der Waals surface area contributed by atoms with Crippen LogP contribution in [0.4, 0.5) is 11.5 Å². The first kappa shape index (κ1) is 24.3. The Bertz CT molecular complexity index is 1750. The zero-order valence-corrected chi connectivity index (χ0v) is 21.5. The topological polar surface area (TPSA) is 72.8 Å². The van der Waals surface area contributed by atoms with Crippen molar-refractivity contribution in [1.82, 2.24) is 20.2 Å². The van der Waals surface area contributed by atoms with Crippen LogP contribution in [0.25, 0.3) is 34.2 Å². The predicted octanol–water partition coefficient (Wildman–Crippen LogP) is 8.45. The fourth-order valence-corrected chi connectivity index (χ4v) is 4.24. The number of aromatic nitrogens is 4. The van der Waals surface area contributed by atoms with E-state index >= 15 is 0 Å². The molecule has 39 heavy (non-hydrogen) atoms. The second-order valence-electron chi connectivity index (χ2n) is 8.70. The molecule has 4 aromatic carbocycles. The normalized spacial score (nSPS) is 11.1. The maximum Gasteiger partial charge on any atom is 0.222 e. The van der Waals surface area contributed by atoms with Crippen molar-refractivity contribution in [2.45, 2.75) is 0 Å². The van der Waals surface area contributed by atoms with Crippen LogP contribution in [0.3, 0.4) is 0 Å². The lowest BCUT2D eigenvalue weighted by Crippen LogP contribution is -1.99. The summed E-state index contributed by atoms with van der Waals surface area (Å²) in [7, 11) is 0. The van der Waals surface area contributed by atoms with Crippen molar-refractivity contribution < 1.29 is 4.74 Å². The summed E-state index contributed by atoms with van der Waals surface area (Å²) in [6.07, 6.45) is 5.51. The summed E-state index contributed by atoms with van der Waals surface area (Å²) in [5, 5.41) is 15.0. The van der Waals surface area contributed by atoms with Crippen LogP contribution in [0.5, 0.6) is 11.6 Å². The molecule has 0 unspecified atom stereocenters. The third-order valence-electron chi connectivity index (χ3n) is 6.02. The maximum atomic E-state index is 6.07. The zero-order valence-electron chi connectivity index (χ0n) is 20.7. The van der Waals surface area contributed by atoms with E-state index in [9.17, 15) is 0 Å². The summed E-state index contributed by atoms with van der Waals surface area (Å²) in [6, 6.07) is 35.0. The highest BCUT2D eigenvalue weighted by molar-refractivity contribution is 6.30. The number of rotatable bonds is 7. The Morgan fingerprint density at radius 1 is 0.692 bits per heavy atom. The van der Waals surface area contributed by atoms with E-state index in [1.54, 1.807) is 12.3 Å². The lowest BCUT2D eigenvalue weighted by molar-refractivity contribution is 0.461. The van der Waals surface area contributed by atoms with Gasteiger partial charge in [0.15, 0.2) is 11.6 Å². The van der Waals surface area contributed by atoms with E-state index in [0.29, 0.717) is 28.3 Å². The first-order chi connectivity index (χ1) is 19.2. The number of nitrogens with zero attached hydrogens (tertiary/aromatic N) is 4.